The molecule has 0 bridgehead atoms. The van der Waals surface area contributed by atoms with Crippen LogP contribution in [-0.4, -0.2) is 9.55 Å². The second-order valence-corrected chi connectivity index (χ2v) is 24.4. The molecule has 0 saturated heterocycles. The minimum Gasteiger partial charge on any atom is -0.355 e. The zero-order valence-electron chi connectivity index (χ0n) is 45.4. The molecule has 0 unspecified atom stereocenters. The van der Waals surface area contributed by atoms with Crippen molar-refractivity contribution in [3.63, 3.8) is 0 Å². The summed E-state index contributed by atoms with van der Waals surface area (Å²) in [5.41, 5.74) is 20.5. The van der Waals surface area contributed by atoms with Crippen molar-refractivity contribution in [1.82, 2.24) is 9.55 Å². The first-order valence-corrected chi connectivity index (χ1v) is 30.4. The Morgan fingerprint density at radius 3 is 1.61 bits per heavy atom. The molecule has 0 atom stereocenters. The number of benzene rings is 14. The Kier molecular flexibility index (Phi) is 10.5. The number of thiophene rings is 2. The number of aromatic nitrogens is 2. The molecule has 0 spiro atoms. The summed E-state index contributed by atoms with van der Waals surface area (Å²) in [6.45, 7) is 0. The van der Waals surface area contributed by atoms with Crippen molar-refractivity contribution >= 4 is 128 Å². The normalized spacial score (nSPS) is 12.0. The highest BCUT2D eigenvalue weighted by Gasteiger charge is 2.22. The number of hydrogen-bond acceptors (Lipinski definition) is 2. The number of nitrogens with one attached hydrogen (secondary N) is 1. The maximum Gasteiger partial charge on any atom is 0.0541 e. The molecule has 4 heterocycles. The van der Waals surface area contributed by atoms with Crippen LogP contribution >= 0.6 is 22.7 Å². The van der Waals surface area contributed by atoms with E-state index in [0.717, 1.165) is 16.7 Å². The van der Waals surface area contributed by atoms with Crippen molar-refractivity contribution in [2.45, 2.75) is 0 Å². The van der Waals surface area contributed by atoms with Gasteiger partial charge in [-0.05, 0) is 161 Å². The minimum absolute atomic E-state index is 1.14. The second kappa shape index (κ2) is 18.6. The average molecular weight is 1100 g/mol. The Labute approximate surface area is 492 Å². The van der Waals surface area contributed by atoms with Gasteiger partial charge < -0.3 is 9.55 Å². The van der Waals surface area contributed by atoms with Gasteiger partial charge in [-0.1, -0.05) is 212 Å². The molecule has 18 rings (SSSR count). The number of hydrogen-bond donors (Lipinski definition) is 1. The fourth-order valence-corrected chi connectivity index (χ4v) is 16.4. The monoisotopic (exact) mass is 1100 g/mol. The summed E-state index contributed by atoms with van der Waals surface area (Å²) in [6, 6.07) is 106. The van der Waals surface area contributed by atoms with Crippen LogP contribution in [0.4, 0.5) is 0 Å². The van der Waals surface area contributed by atoms with E-state index in [9.17, 15) is 0 Å². The number of H-pyrrole nitrogens is 1. The molecule has 1 N–H and O–H groups in total. The van der Waals surface area contributed by atoms with Gasteiger partial charge in [0.1, 0.15) is 0 Å². The summed E-state index contributed by atoms with van der Waals surface area (Å²) in [7, 11) is 0. The molecule has 0 aliphatic rings. The van der Waals surface area contributed by atoms with Gasteiger partial charge in [0.25, 0.3) is 0 Å². The highest BCUT2D eigenvalue weighted by molar-refractivity contribution is 7.26. The fraction of sp³-hybridized carbons (Fsp3) is 0. The molecule has 0 amide bonds. The van der Waals surface area contributed by atoms with Crippen molar-refractivity contribution in [1.29, 1.82) is 0 Å². The highest BCUT2D eigenvalue weighted by Crippen LogP contribution is 2.49. The molecule has 0 fully saturated rings. The van der Waals surface area contributed by atoms with Crippen LogP contribution in [0.15, 0.2) is 285 Å². The van der Waals surface area contributed by atoms with E-state index in [4.69, 9.17) is 0 Å². The number of fused-ring (bicyclic) bond motifs is 14. The molecule has 390 valence electrons. The van der Waals surface area contributed by atoms with E-state index in [-0.39, 0.29) is 0 Å². The Morgan fingerprint density at radius 1 is 0.250 bits per heavy atom. The topological polar surface area (TPSA) is 20.7 Å². The third-order valence-electron chi connectivity index (χ3n) is 17.7. The molecule has 4 heteroatoms. The lowest BCUT2D eigenvalue weighted by atomic mass is 9.84. The Hall–Kier alpha value is -10.4. The molecule has 2 nitrogen and oxygen atoms in total. The summed E-state index contributed by atoms with van der Waals surface area (Å²) in [5.74, 6) is 0. The van der Waals surface area contributed by atoms with Crippen LogP contribution in [0.2, 0.25) is 0 Å². The Balaban J connectivity index is 0.780. The summed E-state index contributed by atoms with van der Waals surface area (Å²) in [5, 5.41) is 15.2. The SMILES string of the molecule is c1ccc(-c2c3ccccc3c(-c3cccc(-c4ccc(-c5ccc6[nH]c7ccccc7c6c5)c5sc6ccccc6c45)c3)c3cc(-c4ccc(-n5c6ccccc6c6cc(-c7cccc8c7sc7ccccc78)ccc65)cc4)ccc23)cc1. The maximum absolute atomic E-state index is 3.64. The van der Waals surface area contributed by atoms with Gasteiger partial charge in [0.05, 0.1) is 11.0 Å². The van der Waals surface area contributed by atoms with Crippen LogP contribution in [0.5, 0.6) is 0 Å². The zero-order chi connectivity index (χ0) is 55.0. The molecule has 84 heavy (non-hydrogen) atoms. The maximum atomic E-state index is 3.64. The molecule has 0 aliphatic heterocycles. The van der Waals surface area contributed by atoms with E-state index in [2.05, 4.69) is 295 Å². The first-order chi connectivity index (χ1) is 41.6. The van der Waals surface area contributed by atoms with E-state index in [1.54, 1.807) is 0 Å². The molecular formula is C80H48N2S2. The first-order valence-electron chi connectivity index (χ1n) is 28.8. The van der Waals surface area contributed by atoms with Gasteiger partial charge in [-0.2, -0.15) is 0 Å². The van der Waals surface area contributed by atoms with Crippen molar-refractivity contribution in [3.8, 4) is 72.4 Å². The van der Waals surface area contributed by atoms with E-state index >= 15 is 0 Å². The van der Waals surface area contributed by atoms with Crippen molar-refractivity contribution in [2.75, 3.05) is 0 Å². The fourth-order valence-electron chi connectivity index (χ4n) is 13.9. The van der Waals surface area contributed by atoms with E-state index in [1.807, 2.05) is 22.7 Å². The van der Waals surface area contributed by atoms with Gasteiger partial charge in [0, 0.05) is 78.6 Å². The number of para-hydroxylation sites is 2. The second-order valence-electron chi connectivity index (χ2n) is 22.3. The molecule has 4 aromatic heterocycles. The zero-order valence-corrected chi connectivity index (χ0v) is 47.0. The number of nitrogens with zero attached hydrogens (tertiary/aromatic N) is 1. The van der Waals surface area contributed by atoms with Gasteiger partial charge in [0.15, 0.2) is 0 Å². The quantitative estimate of drug-likeness (QED) is 0.154. The molecule has 18 aromatic rings. The average Bonchev–Trinajstić information content (AvgIpc) is 3.84. The van der Waals surface area contributed by atoms with Crippen LogP contribution in [0.3, 0.4) is 0 Å². The highest BCUT2D eigenvalue weighted by atomic mass is 32.1. The number of aromatic amines is 1. The Bertz CT molecular complexity index is 5730. The predicted octanol–water partition coefficient (Wildman–Crippen LogP) is 23.5. The van der Waals surface area contributed by atoms with Crippen LogP contribution < -0.4 is 0 Å². The van der Waals surface area contributed by atoms with E-state index in [1.165, 1.54) is 161 Å². The minimum atomic E-state index is 1.14. The van der Waals surface area contributed by atoms with Gasteiger partial charge in [0.2, 0.25) is 0 Å². The lowest BCUT2D eigenvalue weighted by Crippen LogP contribution is -1.94. The lowest BCUT2D eigenvalue weighted by molar-refractivity contribution is 1.18. The first kappa shape index (κ1) is 47.3. The third-order valence-corrected chi connectivity index (χ3v) is 20.2. The lowest BCUT2D eigenvalue weighted by Gasteiger charge is -2.19. The summed E-state index contributed by atoms with van der Waals surface area (Å²) in [6.07, 6.45) is 0. The van der Waals surface area contributed by atoms with Gasteiger partial charge in [-0.15, -0.1) is 22.7 Å². The molecule has 14 aromatic carbocycles. The number of rotatable bonds is 7. The molecular weight excluding hydrogens is 1050 g/mol. The van der Waals surface area contributed by atoms with Crippen LogP contribution in [-0.2, 0) is 0 Å². The molecule has 0 aliphatic carbocycles. The third kappa shape index (κ3) is 7.21. The summed E-state index contributed by atoms with van der Waals surface area (Å²) in [4.78, 5) is 3.64. The van der Waals surface area contributed by atoms with Gasteiger partial charge in [-0.25, -0.2) is 0 Å². The van der Waals surface area contributed by atoms with Crippen molar-refractivity contribution in [3.05, 3.63) is 285 Å². The smallest absolute Gasteiger partial charge is 0.0541 e. The van der Waals surface area contributed by atoms with Crippen LogP contribution in [0.1, 0.15) is 0 Å². The van der Waals surface area contributed by atoms with Gasteiger partial charge >= 0.3 is 0 Å². The largest absolute Gasteiger partial charge is 0.355 e. The standard InChI is InChI=1S/C80H48N2S2/c1-2-16-49(17-3-1)76-62-23-4-5-24-63(62)77(54-19-14-18-51(44-54)56-40-41-58(80-78(56)66-25-9-13-31-75(66)84-80)52-35-42-71-67(46-52)59-20-6-10-28-70(59)81-71)69-45-50(34-39-64(69)76)48-32-37-55(38-33-48)82-72-29-11-7-21-60(72)68-47-53(36-43-73(68)82)57-26-15-27-65-61-22-8-12-30-74(61)83-79(57)65/h1-47,81H. The summed E-state index contributed by atoms with van der Waals surface area (Å²) < 4.78 is 7.70. The van der Waals surface area contributed by atoms with E-state index in [0.29, 0.717) is 0 Å². The van der Waals surface area contributed by atoms with Crippen molar-refractivity contribution < 1.29 is 0 Å². The van der Waals surface area contributed by atoms with Crippen molar-refractivity contribution in [2.24, 2.45) is 0 Å². The van der Waals surface area contributed by atoms with Gasteiger partial charge in [-0.3, -0.25) is 0 Å². The predicted molar refractivity (Wildman–Crippen MR) is 364 cm³/mol. The molecule has 0 saturated carbocycles. The van der Waals surface area contributed by atoms with Crippen LogP contribution in [0, 0.1) is 0 Å². The van der Waals surface area contributed by atoms with Crippen LogP contribution in [0.25, 0.3) is 178 Å². The Morgan fingerprint density at radius 2 is 0.774 bits per heavy atom. The van der Waals surface area contributed by atoms with E-state index < -0.39 is 0 Å². The summed E-state index contributed by atoms with van der Waals surface area (Å²) >= 11 is 3.79. The molecule has 0 radical (unpaired) electrons.